The van der Waals surface area contributed by atoms with Crippen LogP contribution in [-0.4, -0.2) is 21.2 Å². The van der Waals surface area contributed by atoms with Crippen LogP contribution < -0.4 is 5.32 Å². The summed E-state index contributed by atoms with van der Waals surface area (Å²) in [5.74, 6) is -0.186. The van der Waals surface area contributed by atoms with E-state index >= 15 is 0 Å². The maximum atomic E-state index is 10.4. The molecule has 0 radical (unpaired) electrons. The molecule has 0 bridgehead atoms. The number of rotatable bonds is 3. The molecule has 7 heteroatoms. The van der Waals surface area contributed by atoms with Crippen molar-refractivity contribution in [3.05, 3.63) is 33.9 Å². The van der Waals surface area contributed by atoms with Gasteiger partial charge in [0.2, 0.25) is 0 Å². The molecule has 0 fully saturated rings. The molecule has 0 unspecified atom stereocenters. The highest BCUT2D eigenvalue weighted by Gasteiger charge is 2.10. The van der Waals surface area contributed by atoms with Gasteiger partial charge in [-0.1, -0.05) is 0 Å². The van der Waals surface area contributed by atoms with E-state index in [0.717, 1.165) is 18.2 Å². The third-order valence-electron chi connectivity index (χ3n) is 1.70. The second-order valence-electron chi connectivity index (χ2n) is 2.73. The maximum Gasteiger partial charge on any atom is 0.404 e. The molecule has 0 aliphatic rings. The molecule has 0 saturated heterocycles. The minimum absolute atomic E-state index is 0.159. The van der Waals surface area contributed by atoms with Gasteiger partial charge >= 0.3 is 6.09 Å². The first-order chi connectivity index (χ1) is 7.00. The van der Waals surface area contributed by atoms with Crippen molar-refractivity contribution in [2.45, 2.75) is 6.54 Å². The zero-order valence-corrected chi connectivity index (χ0v) is 7.51. The molecule has 1 aromatic rings. The molecule has 0 heterocycles. The lowest BCUT2D eigenvalue weighted by Crippen LogP contribution is -2.19. The van der Waals surface area contributed by atoms with Crippen LogP contribution >= 0.6 is 0 Å². The van der Waals surface area contributed by atoms with Gasteiger partial charge in [-0.2, -0.15) is 0 Å². The van der Waals surface area contributed by atoms with Crippen molar-refractivity contribution in [3.8, 4) is 5.75 Å². The van der Waals surface area contributed by atoms with Gasteiger partial charge in [0.1, 0.15) is 5.75 Å². The van der Waals surface area contributed by atoms with E-state index in [4.69, 9.17) is 5.11 Å². The highest BCUT2D eigenvalue weighted by atomic mass is 16.6. The fourth-order valence-electron chi connectivity index (χ4n) is 0.998. The van der Waals surface area contributed by atoms with Gasteiger partial charge in [-0.3, -0.25) is 10.1 Å². The van der Waals surface area contributed by atoms with Crippen molar-refractivity contribution in [1.29, 1.82) is 0 Å². The molecule has 1 aromatic carbocycles. The summed E-state index contributed by atoms with van der Waals surface area (Å²) in [5, 5.41) is 30.0. The number of aromatic hydroxyl groups is 1. The second-order valence-corrected chi connectivity index (χ2v) is 2.73. The normalized spacial score (nSPS) is 9.60. The molecule has 0 saturated carbocycles. The standard InChI is InChI=1S/C8H8N2O5/c11-7-2-1-6(10(14)15)3-5(7)4-9-8(12)13/h1-3,9,11H,4H2,(H,12,13). The molecule has 7 nitrogen and oxygen atoms in total. The number of nitro groups is 1. The number of amides is 1. The Bertz CT molecular complexity index is 404. The topological polar surface area (TPSA) is 113 Å². The maximum absolute atomic E-state index is 10.4. The summed E-state index contributed by atoms with van der Waals surface area (Å²) in [6, 6.07) is 3.40. The molecule has 0 aliphatic carbocycles. The smallest absolute Gasteiger partial charge is 0.404 e. The third kappa shape index (κ3) is 2.83. The summed E-state index contributed by atoms with van der Waals surface area (Å²) in [5.41, 5.74) is -0.0402. The Hall–Kier alpha value is -2.31. The number of hydrogen-bond donors (Lipinski definition) is 3. The average molecular weight is 212 g/mol. The summed E-state index contributed by atoms with van der Waals surface area (Å²) in [6.07, 6.45) is -1.26. The first-order valence-corrected chi connectivity index (χ1v) is 3.94. The molecule has 0 atom stereocenters. The Labute approximate surface area is 84.1 Å². The van der Waals surface area contributed by atoms with Crippen molar-refractivity contribution in [1.82, 2.24) is 5.32 Å². The van der Waals surface area contributed by atoms with Gasteiger partial charge in [-0.25, -0.2) is 4.79 Å². The van der Waals surface area contributed by atoms with Crippen molar-refractivity contribution in [2.75, 3.05) is 0 Å². The van der Waals surface area contributed by atoms with Crippen molar-refractivity contribution in [3.63, 3.8) is 0 Å². The Morgan fingerprint density at radius 1 is 1.53 bits per heavy atom. The van der Waals surface area contributed by atoms with Crippen LogP contribution in [0.15, 0.2) is 18.2 Å². The fraction of sp³-hybridized carbons (Fsp3) is 0.125. The van der Waals surface area contributed by atoms with Gasteiger partial charge in [0.05, 0.1) is 11.5 Å². The number of carbonyl (C=O) groups is 1. The predicted octanol–water partition coefficient (Wildman–Crippen LogP) is 1.07. The molecular weight excluding hydrogens is 204 g/mol. The van der Waals surface area contributed by atoms with Gasteiger partial charge in [-0.15, -0.1) is 0 Å². The van der Waals surface area contributed by atoms with E-state index < -0.39 is 11.0 Å². The lowest BCUT2D eigenvalue weighted by Gasteiger charge is -2.03. The van der Waals surface area contributed by atoms with Crippen LogP contribution in [0, 0.1) is 10.1 Å². The molecule has 3 N–H and O–H groups in total. The summed E-state index contributed by atoms with van der Waals surface area (Å²) in [7, 11) is 0. The highest BCUT2D eigenvalue weighted by molar-refractivity contribution is 5.64. The molecule has 0 aliphatic heterocycles. The SMILES string of the molecule is O=C(O)NCc1cc([N+](=O)[O-])ccc1O. The quantitative estimate of drug-likeness (QED) is 0.512. The number of nitrogens with zero attached hydrogens (tertiary/aromatic N) is 1. The van der Waals surface area contributed by atoms with E-state index in [1.165, 1.54) is 0 Å². The monoisotopic (exact) mass is 212 g/mol. The van der Waals surface area contributed by atoms with Crippen LogP contribution in [0.1, 0.15) is 5.56 Å². The number of benzene rings is 1. The third-order valence-corrected chi connectivity index (χ3v) is 1.70. The molecule has 0 aromatic heterocycles. The van der Waals surface area contributed by atoms with E-state index in [1.54, 1.807) is 0 Å². The minimum Gasteiger partial charge on any atom is -0.508 e. The van der Waals surface area contributed by atoms with Crippen LogP contribution in [0.5, 0.6) is 5.75 Å². The van der Waals surface area contributed by atoms with Gasteiger partial charge in [0.25, 0.3) is 5.69 Å². The zero-order valence-electron chi connectivity index (χ0n) is 7.51. The molecule has 80 valence electrons. The lowest BCUT2D eigenvalue weighted by atomic mass is 10.2. The number of phenols is 1. The molecule has 1 rings (SSSR count). The number of non-ortho nitro benzene ring substituents is 1. The number of hydrogen-bond acceptors (Lipinski definition) is 4. The van der Waals surface area contributed by atoms with Gasteiger partial charge in [0, 0.05) is 17.7 Å². The van der Waals surface area contributed by atoms with Crippen LogP contribution in [0.2, 0.25) is 0 Å². The minimum atomic E-state index is -1.26. The average Bonchev–Trinajstić information content (AvgIpc) is 2.16. The van der Waals surface area contributed by atoms with Crippen LogP contribution in [0.25, 0.3) is 0 Å². The number of carboxylic acid groups (broad SMARTS) is 1. The van der Waals surface area contributed by atoms with Crippen molar-refractivity contribution in [2.24, 2.45) is 0 Å². The van der Waals surface area contributed by atoms with E-state index in [1.807, 2.05) is 5.32 Å². The molecule has 0 spiro atoms. The fourth-order valence-corrected chi connectivity index (χ4v) is 0.998. The Kier molecular flexibility index (Phi) is 3.06. The Morgan fingerprint density at radius 3 is 2.73 bits per heavy atom. The largest absolute Gasteiger partial charge is 0.508 e. The zero-order chi connectivity index (χ0) is 11.4. The first-order valence-electron chi connectivity index (χ1n) is 3.94. The van der Waals surface area contributed by atoms with Crippen LogP contribution in [0.3, 0.4) is 0 Å². The number of nitrogens with one attached hydrogen (secondary N) is 1. The van der Waals surface area contributed by atoms with E-state index in [0.29, 0.717) is 0 Å². The highest BCUT2D eigenvalue weighted by Crippen LogP contribution is 2.22. The van der Waals surface area contributed by atoms with Crippen LogP contribution in [-0.2, 0) is 6.54 Å². The Balaban J connectivity index is 2.90. The summed E-state index contributed by atoms with van der Waals surface area (Å²) in [6.45, 7) is -0.178. The van der Waals surface area contributed by atoms with E-state index in [2.05, 4.69) is 0 Å². The Morgan fingerprint density at radius 2 is 2.20 bits per heavy atom. The van der Waals surface area contributed by atoms with E-state index in [-0.39, 0.29) is 23.5 Å². The van der Waals surface area contributed by atoms with Crippen molar-refractivity contribution >= 4 is 11.8 Å². The van der Waals surface area contributed by atoms with Gasteiger partial charge < -0.3 is 15.5 Å². The predicted molar refractivity (Wildman–Crippen MR) is 49.6 cm³/mol. The lowest BCUT2D eigenvalue weighted by molar-refractivity contribution is -0.384. The van der Waals surface area contributed by atoms with E-state index in [9.17, 15) is 20.0 Å². The molecule has 15 heavy (non-hydrogen) atoms. The van der Waals surface area contributed by atoms with Gasteiger partial charge in [0.15, 0.2) is 0 Å². The summed E-state index contributed by atoms with van der Waals surface area (Å²) in [4.78, 5) is 19.9. The number of phenolic OH excluding ortho intramolecular Hbond substituents is 1. The second kappa shape index (κ2) is 4.27. The molecular formula is C8H8N2O5. The van der Waals surface area contributed by atoms with Crippen molar-refractivity contribution < 1.29 is 19.9 Å². The summed E-state index contributed by atoms with van der Waals surface area (Å²) < 4.78 is 0. The van der Waals surface area contributed by atoms with Crippen LogP contribution in [0.4, 0.5) is 10.5 Å². The summed E-state index contributed by atoms with van der Waals surface area (Å²) >= 11 is 0. The first kappa shape index (κ1) is 10.8. The number of nitro benzene ring substituents is 1. The molecule has 1 amide bonds. The van der Waals surface area contributed by atoms with Gasteiger partial charge in [-0.05, 0) is 6.07 Å².